The van der Waals surface area contributed by atoms with Gasteiger partial charge < -0.3 is 26.1 Å². The molecule has 9 nitrogen and oxygen atoms in total. The second kappa shape index (κ2) is 20.7. The van der Waals surface area contributed by atoms with E-state index in [1.54, 1.807) is 36.4 Å². The third-order valence-corrected chi connectivity index (χ3v) is 6.77. The molecule has 0 aliphatic rings. The number of H-pyrrole nitrogens is 1. The van der Waals surface area contributed by atoms with E-state index < -0.39 is 12.0 Å². The summed E-state index contributed by atoms with van der Waals surface area (Å²) in [6.07, 6.45) is 28.0. The standard InChI is InChI=1S/C37H45N5O4/c1-2-3-4-5-6-7-8-9-10-11-12-13-14-15-16-17-18-22-33(43)39-27-28-40-37(45)46-30-25-23-29(24-26-30)36-41-32-21-19-20-31(35(38)44)34(32)42-36/h3-4,6-7,9-10,12-13,15-16,19-21,23-26H,2,5,8,11,14,17-18,22,27-28H2,1H3,(H2,38,44)(H,39,43)(H,40,45)(H,41,42). The van der Waals surface area contributed by atoms with Crippen molar-refractivity contribution < 1.29 is 19.1 Å². The number of benzene rings is 2. The molecule has 242 valence electrons. The highest BCUT2D eigenvalue weighted by atomic mass is 16.6. The van der Waals surface area contributed by atoms with E-state index in [9.17, 15) is 14.4 Å². The molecule has 9 heteroatoms. The van der Waals surface area contributed by atoms with Crippen LogP contribution in [-0.4, -0.2) is 41.0 Å². The van der Waals surface area contributed by atoms with Crippen LogP contribution in [0.25, 0.3) is 22.4 Å². The monoisotopic (exact) mass is 623 g/mol. The average molecular weight is 624 g/mol. The maximum atomic E-state index is 12.1. The normalized spacial score (nSPS) is 11.9. The van der Waals surface area contributed by atoms with Gasteiger partial charge >= 0.3 is 6.09 Å². The molecular weight excluding hydrogens is 578 g/mol. The summed E-state index contributed by atoms with van der Waals surface area (Å²) in [7, 11) is 0. The number of amides is 3. The van der Waals surface area contributed by atoms with Crippen LogP contribution >= 0.6 is 0 Å². The number of carbonyl (C=O) groups excluding carboxylic acids is 3. The number of imidazole rings is 1. The Morgan fingerprint density at radius 3 is 2.04 bits per heavy atom. The first kappa shape index (κ1) is 35.3. The highest BCUT2D eigenvalue weighted by molar-refractivity contribution is 6.04. The molecule has 3 rings (SSSR count). The number of carbonyl (C=O) groups is 3. The average Bonchev–Trinajstić information content (AvgIpc) is 3.49. The Labute approximate surface area is 271 Å². The van der Waals surface area contributed by atoms with Crippen molar-refractivity contribution >= 4 is 28.9 Å². The van der Waals surface area contributed by atoms with Gasteiger partial charge in [-0.3, -0.25) is 9.59 Å². The van der Waals surface area contributed by atoms with Crippen LogP contribution in [-0.2, 0) is 4.79 Å². The van der Waals surface area contributed by atoms with Crippen molar-refractivity contribution in [2.75, 3.05) is 13.1 Å². The molecule has 0 aliphatic carbocycles. The van der Waals surface area contributed by atoms with Crippen LogP contribution < -0.4 is 21.1 Å². The zero-order valence-electron chi connectivity index (χ0n) is 26.5. The van der Waals surface area contributed by atoms with E-state index in [0.717, 1.165) is 50.5 Å². The fourth-order valence-corrected chi connectivity index (χ4v) is 4.40. The van der Waals surface area contributed by atoms with Gasteiger partial charge in [-0.25, -0.2) is 9.78 Å². The van der Waals surface area contributed by atoms with Gasteiger partial charge in [-0.05, 0) is 81.3 Å². The molecule has 0 bridgehead atoms. The lowest BCUT2D eigenvalue weighted by atomic mass is 10.2. The highest BCUT2D eigenvalue weighted by Gasteiger charge is 2.12. The number of fused-ring (bicyclic) bond motifs is 1. The summed E-state index contributed by atoms with van der Waals surface area (Å²) in [6.45, 7) is 2.70. The lowest BCUT2D eigenvalue weighted by Gasteiger charge is -2.08. The zero-order chi connectivity index (χ0) is 32.8. The molecule has 0 unspecified atom stereocenters. The molecule has 0 spiro atoms. The number of aromatic nitrogens is 2. The van der Waals surface area contributed by atoms with Crippen molar-refractivity contribution in [2.24, 2.45) is 5.73 Å². The predicted molar refractivity (Wildman–Crippen MR) is 185 cm³/mol. The molecule has 0 radical (unpaired) electrons. The lowest BCUT2D eigenvalue weighted by molar-refractivity contribution is -0.121. The molecule has 46 heavy (non-hydrogen) atoms. The number of aromatic amines is 1. The Bertz CT molecular complexity index is 1550. The molecule has 2 aromatic carbocycles. The molecule has 5 N–H and O–H groups in total. The molecule has 0 aliphatic heterocycles. The van der Waals surface area contributed by atoms with Crippen LogP contribution in [0.1, 0.15) is 68.6 Å². The van der Waals surface area contributed by atoms with Crippen LogP contribution in [0.2, 0.25) is 0 Å². The zero-order valence-corrected chi connectivity index (χ0v) is 26.5. The number of allylic oxidation sites excluding steroid dienone is 10. The van der Waals surface area contributed by atoms with Crippen molar-refractivity contribution in [2.45, 2.75) is 58.3 Å². The molecule has 0 saturated heterocycles. The topological polar surface area (TPSA) is 139 Å². The summed E-state index contributed by atoms with van der Waals surface area (Å²) >= 11 is 0. The molecule has 1 aromatic heterocycles. The number of nitrogens with two attached hydrogens (primary N) is 1. The largest absolute Gasteiger partial charge is 0.412 e. The molecule has 3 amide bonds. The van der Waals surface area contributed by atoms with E-state index in [0.29, 0.717) is 41.1 Å². The summed E-state index contributed by atoms with van der Waals surface area (Å²) < 4.78 is 5.31. The quantitative estimate of drug-likeness (QED) is 0.0811. The maximum absolute atomic E-state index is 12.1. The Balaban J connectivity index is 1.22. The summed E-state index contributed by atoms with van der Waals surface area (Å²) in [5, 5.41) is 5.43. The Kier molecular flexibility index (Phi) is 15.9. The van der Waals surface area contributed by atoms with E-state index in [4.69, 9.17) is 10.5 Å². The fraction of sp³-hybridized carbons (Fsp3) is 0.297. The third kappa shape index (κ3) is 13.2. The predicted octanol–water partition coefficient (Wildman–Crippen LogP) is 7.46. The van der Waals surface area contributed by atoms with Crippen LogP contribution in [0.4, 0.5) is 4.79 Å². The number of nitrogens with zero attached hydrogens (tertiary/aromatic N) is 1. The summed E-state index contributed by atoms with van der Waals surface area (Å²) in [5.74, 6) is 0.324. The number of para-hydroxylation sites is 1. The van der Waals surface area contributed by atoms with Crippen LogP contribution in [0.15, 0.2) is 103 Å². The van der Waals surface area contributed by atoms with Crippen LogP contribution in [0.3, 0.4) is 0 Å². The van der Waals surface area contributed by atoms with Gasteiger partial charge in [0, 0.05) is 25.1 Å². The van der Waals surface area contributed by atoms with Gasteiger partial charge in [0.05, 0.1) is 11.1 Å². The molecule has 0 atom stereocenters. The van der Waals surface area contributed by atoms with Crippen molar-refractivity contribution in [3.63, 3.8) is 0 Å². The number of hydrogen-bond donors (Lipinski definition) is 4. The SMILES string of the molecule is CCC=CCC=CCC=CCC=CCC=CCCCC(=O)NCCNC(=O)Oc1ccc(-c2nc3c(C(N)=O)cccc3[nH]2)cc1. The van der Waals surface area contributed by atoms with E-state index in [-0.39, 0.29) is 12.5 Å². The van der Waals surface area contributed by atoms with Gasteiger partial charge in [0.15, 0.2) is 0 Å². The minimum absolute atomic E-state index is 0.0494. The number of rotatable bonds is 19. The van der Waals surface area contributed by atoms with Crippen molar-refractivity contribution in [1.29, 1.82) is 0 Å². The van der Waals surface area contributed by atoms with Crippen LogP contribution in [0.5, 0.6) is 5.75 Å². The van der Waals surface area contributed by atoms with E-state index in [1.165, 1.54) is 0 Å². The molecule has 0 fully saturated rings. The number of hydrogen-bond acceptors (Lipinski definition) is 5. The minimum atomic E-state index is -0.616. The summed E-state index contributed by atoms with van der Waals surface area (Å²) in [4.78, 5) is 43.5. The second-order valence-corrected chi connectivity index (χ2v) is 10.4. The van der Waals surface area contributed by atoms with Crippen molar-refractivity contribution in [1.82, 2.24) is 20.6 Å². The third-order valence-electron chi connectivity index (χ3n) is 6.77. The minimum Gasteiger partial charge on any atom is -0.410 e. The maximum Gasteiger partial charge on any atom is 0.412 e. The summed E-state index contributed by atoms with van der Waals surface area (Å²) in [5.41, 5.74) is 7.74. The van der Waals surface area contributed by atoms with Gasteiger partial charge in [0.2, 0.25) is 5.91 Å². The number of primary amides is 1. The van der Waals surface area contributed by atoms with Gasteiger partial charge in [-0.1, -0.05) is 73.8 Å². The lowest BCUT2D eigenvalue weighted by Crippen LogP contribution is -2.35. The molecule has 1 heterocycles. The van der Waals surface area contributed by atoms with E-state index in [2.05, 4.69) is 88.3 Å². The Hall–Kier alpha value is -5.18. The first-order chi connectivity index (χ1) is 22.5. The van der Waals surface area contributed by atoms with Gasteiger partial charge in [-0.15, -0.1) is 0 Å². The highest BCUT2D eigenvalue weighted by Crippen LogP contribution is 2.24. The number of ether oxygens (including phenoxy) is 1. The number of unbranched alkanes of at least 4 members (excludes halogenated alkanes) is 1. The molecule has 0 saturated carbocycles. The second-order valence-electron chi connectivity index (χ2n) is 10.4. The first-order valence-electron chi connectivity index (χ1n) is 15.8. The molecular formula is C37H45N5O4. The first-order valence-corrected chi connectivity index (χ1v) is 15.8. The Morgan fingerprint density at radius 1 is 0.804 bits per heavy atom. The summed E-state index contributed by atoms with van der Waals surface area (Å²) in [6, 6.07) is 12.0. The van der Waals surface area contributed by atoms with Crippen LogP contribution in [0, 0.1) is 0 Å². The Morgan fingerprint density at radius 2 is 1.41 bits per heavy atom. The van der Waals surface area contributed by atoms with E-state index >= 15 is 0 Å². The van der Waals surface area contributed by atoms with Gasteiger partial charge in [-0.2, -0.15) is 0 Å². The smallest absolute Gasteiger partial charge is 0.410 e. The van der Waals surface area contributed by atoms with Crippen molar-refractivity contribution in [3.05, 3.63) is 109 Å². The fourth-order valence-electron chi connectivity index (χ4n) is 4.40. The van der Waals surface area contributed by atoms with E-state index in [1.807, 2.05) is 6.07 Å². The van der Waals surface area contributed by atoms with Gasteiger partial charge in [0.1, 0.15) is 17.1 Å². The molecule has 3 aromatic rings. The van der Waals surface area contributed by atoms with Gasteiger partial charge in [0.25, 0.3) is 5.91 Å². The van der Waals surface area contributed by atoms with Crippen molar-refractivity contribution in [3.8, 4) is 17.1 Å². The number of nitrogens with one attached hydrogen (secondary N) is 3.